The molecule has 3 nitrogen and oxygen atoms in total. The molecule has 0 amide bonds. The van der Waals surface area contributed by atoms with Gasteiger partial charge in [0.25, 0.3) is 0 Å². The molecular weight excluding hydrogens is 274 g/mol. The van der Waals surface area contributed by atoms with Gasteiger partial charge < -0.3 is 10.2 Å². The van der Waals surface area contributed by atoms with Crippen LogP contribution in [0, 0.1) is 0 Å². The standard InChI is InChI=1S/C16H18ClNO2/c1-11(13-4-3-5-15(19)8-13)18(2)10-12-6-14(17)9-16(20)7-12/h3-9,11,19-20H,10H2,1-2H3. The van der Waals surface area contributed by atoms with E-state index >= 15 is 0 Å². The Bertz CT molecular complexity index is 581. The second-order valence-corrected chi connectivity index (χ2v) is 5.44. The first-order valence-electron chi connectivity index (χ1n) is 6.43. The number of hydrogen-bond acceptors (Lipinski definition) is 3. The highest BCUT2D eigenvalue weighted by molar-refractivity contribution is 6.30. The van der Waals surface area contributed by atoms with Gasteiger partial charge in [-0.1, -0.05) is 23.7 Å². The van der Waals surface area contributed by atoms with Gasteiger partial charge in [-0.25, -0.2) is 0 Å². The summed E-state index contributed by atoms with van der Waals surface area (Å²) in [6.45, 7) is 2.73. The van der Waals surface area contributed by atoms with E-state index in [0.717, 1.165) is 11.1 Å². The number of phenols is 2. The van der Waals surface area contributed by atoms with E-state index in [0.29, 0.717) is 11.6 Å². The van der Waals surface area contributed by atoms with Gasteiger partial charge in [-0.15, -0.1) is 0 Å². The molecule has 0 bridgehead atoms. The number of halogens is 1. The SMILES string of the molecule is CC(c1cccc(O)c1)N(C)Cc1cc(O)cc(Cl)c1. The van der Waals surface area contributed by atoms with Crippen molar-refractivity contribution in [1.29, 1.82) is 0 Å². The largest absolute Gasteiger partial charge is 0.508 e. The first-order chi connectivity index (χ1) is 9.45. The Kier molecular flexibility index (Phi) is 4.53. The van der Waals surface area contributed by atoms with Gasteiger partial charge in [-0.05, 0) is 55.4 Å². The van der Waals surface area contributed by atoms with Crippen molar-refractivity contribution < 1.29 is 10.2 Å². The minimum absolute atomic E-state index is 0.142. The summed E-state index contributed by atoms with van der Waals surface area (Å²) in [6, 6.07) is 12.4. The van der Waals surface area contributed by atoms with Crippen molar-refractivity contribution in [2.75, 3.05) is 7.05 Å². The molecular formula is C16H18ClNO2. The number of benzene rings is 2. The van der Waals surface area contributed by atoms with Crippen LogP contribution in [0.15, 0.2) is 42.5 Å². The molecule has 2 aromatic carbocycles. The number of nitrogens with zero attached hydrogens (tertiary/aromatic N) is 1. The van der Waals surface area contributed by atoms with Gasteiger partial charge in [0.2, 0.25) is 0 Å². The van der Waals surface area contributed by atoms with Gasteiger partial charge in [-0.2, -0.15) is 0 Å². The molecule has 106 valence electrons. The topological polar surface area (TPSA) is 43.7 Å². The normalized spacial score (nSPS) is 12.6. The van der Waals surface area contributed by atoms with Crippen LogP contribution in [0.25, 0.3) is 0 Å². The van der Waals surface area contributed by atoms with E-state index in [4.69, 9.17) is 11.6 Å². The van der Waals surface area contributed by atoms with Crippen molar-refractivity contribution >= 4 is 11.6 Å². The molecule has 2 N–H and O–H groups in total. The molecule has 0 saturated carbocycles. The van der Waals surface area contributed by atoms with E-state index in [-0.39, 0.29) is 17.5 Å². The van der Waals surface area contributed by atoms with E-state index in [9.17, 15) is 10.2 Å². The van der Waals surface area contributed by atoms with Gasteiger partial charge in [0.15, 0.2) is 0 Å². The summed E-state index contributed by atoms with van der Waals surface area (Å²) in [5.74, 6) is 0.439. The maximum Gasteiger partial charge on any atom is 0.117 e. The van der Waals surface area contributed by atoms with Crippen LogP contribution in [-0.4, -0.2) is 22.2 Å². The van der Waals surface area contributed by atoms with Crippen molar-refractivity contribution in [3.05, 3.63) is 58.6 Å². The molecule has 4 heteroatoms. The fourth-order valence-electron chi connectivity index (χ4n) is 2.19. The summed E-state index contributed by atoms with van der Waals surface area (Å²) in [6.07, 6.45) is 0. The number of hydrogen-bond donors (Lipinski definition) is 2. The van der Waals surface area contributed by atoms with E-state index in [1.54, 1.807) is 18.2 Å². The predicted octanol–water partition coefficient (Wildman–Crippen LogP) is 3.94. The third-order valence-electron chi connectivity index (χ3n) is 3.39. The Balaban J connectivity index is 2.13. The Morgan fingerprint density at radius 2 is 1.85 bits per heavy atom. The number of rotatable bonds is 4. The predicted molar refractivity (Wildman–Crippen MR) is 81.1 cm³/mol. The minimum atomic E-state index is 0.142. The lowest BCUT2D eigenvalue weighted by atomic mass is 10.1. The molecule has 0 aliphatic rings. The van der Waals surface area contributed by atoms with Crippen molar-refractivity contribution in [3.8, 4) is 11.5 Å². The zero-order chi connectivity index (χ0) is 14.7. The van der Waals surface area contributed by atoms with Gasteiger partial charge in [-0.3, -0.25) is 4.90 Å². The van der Waals surface area contributed by atoms with Gasteiger partial charge in [0, 0.05) is 17.6 Å². The molecule has 2 rings (SSSR count). The smallest absolute Gasteiger partial charge is 0.117 e. The molecule has 0 spiro atoms. The number of aromatic hydroxyl groups is 2. The van der Waals surface area contributed by atoms with E-state index in [1.165, 1.54) is 6.07 Å². The summed E-state index contributed by atoms with van der Waals surface area (Å²) >= 11 is 5.94. The molecule has 2 aromatic rings. The van der Waals surface area contributed by atoms with Crippen molar-refractivity contribution in [1.82, 2.24) is 4.90 Å². The molecule has 0 fully saturated rings. The van der Waals surface area contributed by atoms with Crippen molar-refractivity contribution in [3.63, 3.8) is 0 Å². The van der Waals surface area contributed by atoms with Crippen LogP contribution < -0.4 is 0 Å². The lowest BCUT2D eigenvalue weighted by Gasteiger charge is -2.25. The van der Waals surface area contributed by atoms with Crippen molar-refractivity contribution in [2.24, 2.45) is 0 Å². The fraction of sp³-hybridized carbons (Fsp3) is 0.250. The van der Waals surface area contributed by atoms with Crippen molar-refractivity contribution in [2.45, 2.75) is 19.5 Å². The van der Waals surface area contributed by atoms with Gasteiger partial charge in [0.05, 0.1) is 0 Å². The fourth-order valence-corrected chi connectivity index (χ4v) is 2.44. The van der Waals surface area contributed by atoms with Crippen LogP contribution in [0.4, 0.5) is 0 Å². The highest BCUT2D eigenvalue weighted by atomic mass is 35.5. The molecule has 1 atom stereocenters. The highest BCUT2D eigenvalue weighted by Crippen LogP contribution is 2.26. The van der Waals surface area contributed by atoms with Crippen LogP contribution in [0.1, 0.15) is 24.1 Å². The monoisotopic (exact) mass is 291 g/mol. The third kappa shape index (κ3) is 3.65. The molecule has 0 saturated heterocycles. The second kappa shape index (κ2) is 6.16. The molecule has 0 aliphatic heterocycles. The summed E-state index contributed by atoms with van der Waals surface area (Å²) in [4.78, 5) is 2.12. The first kappa shape index (κ1) is 14.7. The van der Waals surface area contributed by atoms with Crippen LogP contribution in [-0.2, 0) is 6.54 Å². The summed E-state index contributed by atoms with van der Waals surface area (Å²) in [7, 11) is 1.99. The zero-order valence-electron chi connectivity index (χ0n) is 11.5. The summed E-state index contributed by atoms with van der Waals surface area (Å²) in [5, 5.41) is 19.6. The third-order valence-corrected chi connectivity index (χ3v) is 3.61. The van der Waals surface area contributed by atoms with E-state index in [2.05, 4.69) is 11.8 Å². The van der Waals surface area contributed by atoms with Crippen LogP contribution in [0.3, 0.4) is 0 Å². The Morgan fingerprint density at radius 3 is 2.50 bits per heavy atom. The Morgan fingerprint density at radius 1 is 1.10 bits per heavy atom. The van der Waals surface area contributed by atoms with Crippen LogP contribution >= 0.6 is 11.6 Å². The Labute approximate surface area is 124 Å². The van der Waals surface area contributed by atoms with Gasteiger partial charge >= 0.3 is 0 Å². The molecule has 0 heterocycles. The minimum Gasteiger partial charge on any atom is -0.508 e. The van der Waals surface area contributed by atoms with E-state index in [1.807, 2.05) is 25.2 Å². The summed E-state index contributed by atoms with van der Waals surface area (Å²) < 4.78 is 0. The molecule has 20 heavy (non-hydrogen) atoms. The zero-order valence-corrected chi connectivity index (χ0v) is 12.3. The average Bonchev–Trinajstić information content (AvgIpc) is 2.36. The van der Waals surface area contributed by atoms with E-state index < -0.39 is 0 Å². The molecule has 0 radical (unpaired) electrons. The highest BCUT2D eigenvalue weighted by Gasteiger charge is 2.13. The number of phenolic OH excluding ortho intramolecular Hbond substituents is 2. The second-order valence-electron chi connectivity index (χ2n) is 5.00. The first-order valence-corrected chi connectivity index (χ1v) is 6.81. The van der Waals surface area contributed by atoms with Crippen LogP contribution in [0.5, 0.6) is 11.5 Å². The van der Waals surface area contributed by atoms with Gasteiger partial charge in [0.1, 0.15) is 11.5 Å². The Hall–Kier alpha value is -1.71. The summed E-state index contributed by atoms with van der Waals surface area (Å²) in [5.41, 5.74) is 1.99. The molecule has 0 aromatic heterocycles. The average molecular weight is 292 g/mol. The maximum absolute atomic E-state index is 9.56. The maximum atomic E-state index is 9.56. The van der Waals surface area contributed by atoms with Crippen LogP contribution in [0.2, 0.25) is 5.02 Å². The molecule has 1 unspecified atom stereocenters. The lowest BCUT2D eigenvalue weighted by molar-refractivity contribution is 0.252. The molecule has 0 aliphatic carbocycles. The lowest BCUT2D eigenvalue weighted by Crippen LogP contribution is -2.21. The quantitative estimate of drug-likeness (QED) is 0.896.